The largest absolute Gasteiger partial charge is 0.336 e. The van der Waals surface area contributed by atoms with E-state index in [1.165, 1.54) is 0 Å². The number of hydrogen-bond acceptors (Lipinski definition) is 2. The third-order valence-electron chi connectivity index (χ3n) is 2.45. The van der Waals surface area contributed by atoms with E-state index in [-0.39, 0.29) is 17.5 Å². The van der Waals surface area contributed by atoms with Gasteiger partial charge in [-0.1, -0.05) is 0 Å². The Labute approximate surface area is 64.6 Å². The molecule has 0 aromatic carbocycles. The molecule has 2 amide bonds. The number of rotatable bonds is 1. The van der Waals surface area contributed by atoms with Crippen LogP contribution in [0.2, 0.25) is 0 Å². The van der Waals surface area contributed by atoms with Crippen LogP contribution in [0.25, 0.3) is 0 Å². The zero-order valence-electron chi connectivity index (χ0n) is 6.05. The lowest BCUT2D eigenvalue weighted by Gasteiger charge is -2.12. The monoisotopic (exact) mass is 151 g/mol. The first-order chi connectivity index (χ1) is 5.27. The Hall–Kier alpha value is -1.24. The number of hydrogen-bond donors (Lipinski definition) is 2. The van der Waals surface area contributed by atoms with Gasteiger partial charge >= 0.3 is 6.03 Å². The summed E-state index contributed by atoms with van der Waals surface area (Å²) in [5, 5.41) is 14.2. The predicted octanol–water partition coefficient (Wildman–Crippen LogP) is -0.0284. The summed E-state index contributed by atoms with van der Waals surface area (Å²) in [5.41, 5.74) is -0.237. The summed E-state index contributed by atoms with van der Waals surface area (Å²) in [4.78, 5) is 10.7. The SMILES string of the molecule is N#CC1(C2CNC(=O)N2)CC1. The van der Waals surface area contributed by atoms with Crippen molar-refractivity contribution in [2.45, 2.75) is 18.9 Å². The number of nitrogens with one attached hydrogen (secondary N) is 2. The molecule has 0 aromatic heterocycles. The Bertz CT molecular complexity index is 239. The first-order valence-electron chi connectivity index (χ1n) is 3.72. The summed E-state index contributed by atoms with van der Waals surface area (Å²) >= 11 is 0. The van der Waals surface area contributed by atoms with Crippen molar-refractivity contribution >= 4 is 6.03 Å². The fraction of sp³-hybridized carbons (Fsp3) is 0.714. The minimum atomic E-state index is -0.237. The van der Waals surface area contributed by atoms with Crippen molar-refractivity contribution in [3.8, 4) is 6.07 Å². The molecule has 4 heteroatoms. The maximum absolute atomic E-state index is 10.7. The normalized spacial score (nSPS) is 31.9. The molecule has 11 heavy (non-hydrogen) atoms. The Balaban J connectivity index is 2.08. The van der Waals surface area contributed by atoms with Crippen LogP contribution in [-0.2, 0) is 0 Å². The molecule has 1 atom stereocenters. The molecule has 2 aliphatic rings. The van der Waals surface area contributed by atoms with E-state index in [0.717, 1.165) is 12.8 Å². The molecule has 1 unspecified atom stereocenters. The molecule has 1 heterocycles. The van der Waals surface area contributed by atoms with Crippen molar-refractivity contribution in [3.05, 3.63) is 0 Å². The molecule has 0 radical (unpaired) electrons. The predicted molar refractivity (Wildman–Crippen MR) is 37.6 cm³/mol. The molecule has 1 saturated heterocycles. The minimum absolute atomic E-state index is 0.0417. The van der Waals surface area contributed by atoms with Gasteiger partial charge < -0.3 is 10.6 Å². The van der Waals surface area contributed by atoms with Crippen LogP contribution in [0.15, 0.2) is 0 Å². The first kappa shape index (κ1) is 6.47. The summed E-state index contributed by atoms with van der Waals surface area (Å²) in [6.07, 6.45) is 1.85. The van der Waals surface area contributed by atoms with Crippen molar-refractivity contribution in [2.75, 3.05) is 6.54 Å². The number of nitrogens with zero attached hydrogens (tertiary/aromatic N) is 1. The van der Waals surface area contributed by atoms with Gasteiger partial charge in [0, 0.05) is 6.54 Å². The van der Waals surface area contributed by atoms with Gasteiger partial charge in [-0.25, -0.2) is 4.79 Å². The highest BCUT2D eigenvalue weighted by Gasteiger charge is 2.52. The molecule has 0 spiro atoms. The van der Waals surface area contributed by atoms with Gasteiger partial charge in [0.25, 0.3) is 0 Å². The van der Waals surface area contributed by atoms with Gasteiger partial charge in [0.05, 0.1) is 17.5 Å². The fourth-order valence-electron chi connectivity index (χ4n) is 1.46. The van der Waals surface area contributed by atoms with E-state index < -0.39 is 0 Å². The van der Waals surface area contributed by atoms with E-state index in [0.29, 0.717) is 6.54 Å². The fourth-order valence-corrected chi connectivity index (χ4v) is 1.46. The van der Waals surface area contributed by atoms with Crippen LogP contribution >= 0.6 is 0 Å². The van der Waals surface area contributed by atoms with E-state index in [1.54, 1.807) is 0 Å². The van der Waals surface area contributed by atoms with Crippen LogP contribution < -0.4 is 10.6 Å². The second-order valence-corrected chi connectivity index (χ2v) is 3.17. The van der Waals surface area contributed by atoms with E-state index in [9.17, 15) is 4.79 Å². The highest BCUT2D eigenvalue weighted by atomic mass is 16.2. The van der Waals surface area contributed by atoms with Crippen LogP contribution in [-0.4, -0.2) is 18.6 Å². The number of carbonyl (C=O) groups excluding carboxylic acids is 1. The van der Waals surface area contributed by atoms with Gasteiger partial charge in [-0.15, -0.1) is 0 Å². The lowest BCUT2D eigenvalue weighted by molar-refractivity contribution is 0.246. The number of urea groups is 1. The smallest absolute Gasteiger partial charge is 0.315 e. The zero-order valence-corrected chi connectivity index (χ0v) is 6.05. The summed E-state index contributed by atoms with van der Waals surface area (Å²) in [6.45, 7) is 0.604. The number of carbonyl (C=O) groups is 1. The van der Waals surface area contributed by atoms with Gasteiger partial charge in [0.15, 0.2) is 0 Å². The molecule has 0 bridgehead atoms. The molecular weight excluding hydrogens is 142 g/mol. The third kappa shape index (κ3) is 0.845. The maximum Gasteiger partial charge on any atom is 0.315 e. The molecule has 2 rings (SSSR count). The highest BCUT2D eigenvalue weighted by Crippen LogP contribution is 2.48. The summed E-state index contributed by atoms with van der Waals surface area (Å²) in [6, 6.07) is 2.16. The van der Waals surface area contributed by atoms with E-state index in [4.69, 9.17) is 5.26 Å². The minimum Gasteiger partial charge on any atom is -0.336 e. The summed E-state index contributed by atoms with van der Waals surface area (Å²) < 4.78 is 0. The molecule has 58 valence electrons. The highest BCUT2D eigenvalue weighted by molar-refractivity contribution is 5.77. The Morgan fingerprint density at radius 1 is 1.64 bits per heavy atom. The number of amides is 2. The second kappa shape index (κ2) is 1.88. The van der Waals surface area contributed by atoms with Crippen molar-refractivity contribution in [3.63, 3.8) is 0 Å². The van der Waals surface area contributed by atoms with Crippen molar-refractivity contribution in [1.29, 1.82) is 5.26 Å². The van der Waals surface area contributed by atoms with E-state index >= 15 is 0 Å². The van der Waals surface area contributed by atoms with Crippen LogP contribution in [0.4, 0.5) is 4.79 Å². The molecule has 2 N–H and O–H groups in total. The van der Waals surface area contributed by atoms with E-state index in [1.807, 2.05) is 0 Å². The van der Waals surface area contributed by atoms with Gasteiger partial charge in [-0.3, -0.25) is 0 Å². The van der Waals surface area contributed by atoms with Gasteiger partial charge in [0.1, 0.15) is 0 Å². The standard InChI is InChI=1S/C7H9N3O/c8-4-7(1-2-7)5-3-9-6(11)10-5/h5H,1-3H2,(H2,9,10,11). The molecular formula is C7H9N3O. The Morgan fingerprint density at radius 3 is 2.73 bits per heavy atom. The van der Waals surface area contributed by atoms with Crippen LogP contribution in [0, 0.1) is 16.7 Å². The molecule has 1 aliphatic carbocycles. The lowest BCUT2D eigenvalue weighted by atomic mass is 9.99. The topological polar surface area (TPSA) is 64.9 Å². The van der Waals surface area contributed by atoms with Crippen molar-refractivity contribution in [1.82, 2.24) is 10.6 Å². The second-order valence-electron chi connectivity index (χ2n) is 3.17. The maximum atomic E-state index is 10.7. The molecule has 1 aliphatic heterocycles. The molecule has 0 aromatic rings. The van der Waals surface area contributed by atoms with Crippen LogP contribution in [0.3, 0.4) is 0 Å². The summed E-state index contributed by atoms with van der Waals surface area (Å²) in [7, 11) is 0. The van der Waals surface area contributed by atoms with E-state index in [2.05, 4.69) is 16.7 Å². The quantitative estimate of drug-likeness (QED) is 0.552. The number of nitriles is 1. The average Bonchev–Trinajstić information content (AvgIpc) is 2.70. The molecule has 1 saturated carbocycles. The van der Waals surface area contributed by atoms with Gasteiger partial charge in [0.2, 0.25) is 0 Å². The third-order valence-corrected chi connectivity index (χ3v) is 2.45. The van der Waals surface area contributed by atoms with Crippen LogP contribution in [0.1, 0.15) is 12.8 Å². The van der Waals surface area contributed by atoms with Crippen molar-refractivity contribution in [2.24, 2.45) is 5.41 Å². The lowest BCUT2D eigenvalue weighted by Crippen LogP contribution is -2.34. The first-order valence-corrected chi connectivity index (χ1v) is 3.72. The zero-order chi connectivity index (χ0) is 7.90. The van der Waals surface area contributed by atoms with Crippen molar-refractivity contribution < 1.29 is 4.79 Å². The van der Waals surface area contributed by atoms with Gasteiger partial charge in [-0.2, -0.15) is 5.26 Å². The van der Waals surface area contributed by atoms with Gasteiger partial charge in [-0.05, 0) is 12.8 Å². The summed E-state index contributed by atoms with van der Waals surface area (Å²) in [5.74, 6) is 0. The average molecular weight is 151 g/mol. The molecule has 2 fully saturated rings. The molecule has 4 nitrogen and oxygen atoms in total. The Morgan fingerprint density at radius 2 is 2.36 bits per heavy atom. The van der Waals surface area contributed by atoms with Crippen LogP contribution in [0.5, 0.6) is 0 Å². The Kier molecular flexibility index (Phi) is 1.10.